The Bertz CT molecular complexity index is 499. The summed E-state index contributed by atoms with van der Waals surface area (Å²) >= 11 is 7.30. The van der Waals surface area contributed by atoms with Gasteiger partial charge in [-0.2, -0.15) is 0 Å². The molecule has 0 amide bonds. The van der Waals surface area contributed by atoms with E-state index in [0.29, 0.717) is 15.9 Å². The van der Waals surface area contributed by atoms with Crippen LogP contribution in [0.3, 0.4) is 0 Å². The molecule has 1 aromatic heterocycles. The van der Waals surface area contributed by atoms with Gasteiger partial charge in [-0.3, -0.25) is 0 Å². The summed E-state index contributed by atoms with van der Waals surface area (Å²) in [6, 6.07) is 5.35. The van der Waals surface area contributed by atoms with Gasteiger partial charge in [0.1, 0.15) is 0 Å². The first-order chi connectivity index (χ1) is 7.65. The highest BCUT2D eigenvalue weighted by atomic mass is 35.5. The van der Waals surface area contributed by atoms with Crippen molar-refractivity contribution < 1.29 is 0 Å². The minimum absolute atomic E-state index is 0.656. The van der Waals surface area contributed by atoms with Gasteiger partial charge in [-0.15, -0.1) is 0 Å². The Labute approximate surface area is 103 Å². The third-order valence-corrected chi connectivity index (χ3v) is 3.14. The first-order valence-corrected chi connectivity index (χ1v) is 5.86. The minimum Gasteiger partial charge on any atom is -0.398 e. The highest BCUT2D eigenvalue weighted by Crippen LogP contribution is 2.31. The molecule has 0 spiro atoms. The molecule has 5 heteroatoms. The molecule has 2 N–H and O–H groups in total. The fourth-order valence-corrected chi connectivity index (χ4v) is 2.14. The van der Waals surface area contributed by atoms with E-state index in [1.807, 2.05) is 13.0 Å². The van der Waals surface area contributed by atoms with Crippen molar-refractivity contribution in [3.05, 3.63) is 41.2 Å². The number of nitrogens with zero attached hydrogens (tertiary/aromatic N) is 2. The van der Waals surface area contributed by atoms with Crippen LogP contribution in [0.15, 0.2) is 40.6 Å². The maximum absolute atomic E-state index is 5.90. The minimum atomic E-state index is 0.656. The van der Waals surface area contributed by atoms with Crippen LogP contribution in [0.2, 0.25) is 5.02 Å². The number of hydrogen-bond donors (Lipinski definition) is 1. The van der Waals surface area contributed by atoms with Crippen LogP contribution in [0, 0.1) is 6.92 Å². The summed E-state index contributed by atoms with van der Waals surface area (Å²) in [7, 11) is 0. The summed E-state index contributed by atoms with van der Waals surface area (Å²) in [5, 5.41) is 1.32. The molecule has 82 valence electrons. The zero-order chi connectivity index (χ0) is 11.5. The number of halogens is 1. The van der Waals surface area contributed by atoms with Crippen molar-refractivity contribution in [3.63, 3.8) is 0 Å². The normalized spacial score (nSPS) is 10.4. The lowest BCUT2D eigenvalue weighted by molar-refractivity contribution is 0.950. The molecule has 0 unspecified atom stereocenters. The molecule has 0 atom stereocenters. The average molecular weight is 252 g/mol. The number of nitrogens with two attached hydrogens (primary N) is 1. The molecule has 2 rings (SSSR count). The van der Waals surface area contributed by atoms with Crippen LogP contribution in [-0.4, -0.2) is 9.97 Å². The second-order valence-electron chi connectivity index (χ2n) is 3.33. The zero-order valence-electron chi connectivity index (χ0n) is 8.64. The van der Waals surface area contributed by atoms with Gasteiger partial charge in [0, 0.05) is 28.0 Å². The van der Waals surface area contributed by atoms with E-state index in [1.165, 1.54) is 11.8 Å². The average Bonchev–Trinajstić information content (AvgIpc) is 2.27. The van der Waals surface area contributed by atoms with Crippen LogP contribution in [0.5, 0.6) is 0 Å². The monoisotopic (exact) mass is 251 g/mol. The van der Waals surface area contributed by atoms with E-state index >= 15 is 0 Å². The van der Waals surface area contributed by atoms with E-state index in [1.54, 1.807) is 24.5 Å². The zero-order valence-corrected chi connectivity index (χ0v) is 10.2. The Morgan fingerprint density at radius 2 is 1.94 bits per heavy atom. The molecule has 0 aliphatic rings. The highest BCUT2D eigenvalue weighted by molar-refractivity contribution is 7.99. The molecule has 0 bridgehead atoms. The van der Waals surface area contributed by atoms with Gasteiger partial charge >= 0.3 is 0 Å². The second kappa shape index (κ2) is 4.72. The van der Waals surface area contributed by atoms with Gasteiger partial charge in [-0.05, 0) is 42.4 Å². The molecule has 0 radical (unpaired) electrons. The van der Waals surface area contributed by atoms with E-state index in [2.05, 4.69) is 9.97 Å². The lowest BCUT2D eigenvalue weighted by Crippen LogP contribution is -1.90. The van der Waals surface area contributed by atoms with Crippen LogP contribution < -0.4 is 5.73 Å². The summed E-state index contributed by atoms with van der Waals surface area (Å²) in [5.41, 5.74) is 7.54. The Morgan fingerprint density at radius 3 is 2.62 bits per heavy atom. The van der Waals surface area contributed by atoms with Crippen molar-refractivity contribution in [2.24, 2.45) is 0 Å². The maximum Gasteiger partial charge on any atom is 0.192 e. The maximum atomic E-state index is 5.90. The molecule has 3 nitrogen and oxygen atoms in total. The van der Waals surface area contributed by atoms with E-state index in [4.69, 9.17) is 17.3 Å². The van der Waals surface area contributed by atoms with Crippen molar-refractivity contribution in [2.75, 3.05) is 5.73 Å². The van der Waals surface area contributed by atoms with Gasteiger partial charge in [-0.1, -0.05) is 11.6 Å². The quantitative estimate of drug-likeness (QED) is 0.658. The van der Waals surface area contributed by atoms with Gasteiger partial charge in [0.2, 0.25) is 0 Å². The first-order valence-electron chi connectivity index (χ1n) is 4.66. The molecule has 2 aromatic rings. The number of anilines is 1. The summed E-state index contributed by atoms with van der Waals surface area (Å²) in [6.45, 7) is 1.95. The molecule has 0 aliphatic carbocycles. The van der Waals surface area contributed by atoms with E-state index in [0.717, 1.165) is 10.5 Å². The Hall–Kier alpha value is -1.26. The number of aryl methyl sites for hydroxylation is 1. The molecule has 1 aromatic carbocycles. The van der Waals surface area contributed by atoms with Crippen molar-refractivity contribution in [2.45, 2.75) is 17.0 Å². The topological polar surface area (TPSA) is 51.8 Å². The van der Waals surface area contributed by atoms with Crippen LogP contribution in [0.4, 0.5) is 5.69 Å². The second-order valence-corrected chi connectivity index (χ2v) is 4.77. The summed E-state index contributed by atoms with van der Waals surface area (Å²) in [4.78, 5) is 9.27. The first kappa shape index (κ1) is 11.2. The molecule has 0 saturated heterocycles. The third kappa shape index (κ3) is 2.65. The molecule has 0 aliphatic heterocycles. The number of nitrogen functional groups attached to an aromatic ring is 1. The Balaban J connectivity index is 2.26. The molecule has 0 saturated carbocycles. The van der Waals surface area contributed by atoms with Crippen LogP contribution in [-0.2, 0) is 0 Å². The smallest absolute Gasteiger partial charge is 0.192 e. The SMILES string of the molecule is Cc1cnc(Sc2cc(Cl)ccc2N)nc1. The molecular formula is C11H10ClN3S. The standard InChI is InChI=1S/C11H10ClN3S/c1-7-5-14-11(15-6-7)16-10-4-8(12)2-3-9(10)13/h2-6H,13H2,1H3. The number of benzene rings is 1. The number of hydrogen-bond acceptors (Lipinski definition) is 4. The van der Waals surface area contributed by atoms with Crippen molar-refractivity contribution in [1.82, 2.24) is 9.97 Å². The van der Waals surface area contributed by atoms with Crippen molar-refractivity contribution >= 4 is 29.1 Å². The molecule has 0 fully saturated rings. The third-order valence-electron chi connectivity index (χ3n) is 1.93. The van der Waals surface area contributed by atoms with Crippen molar-refractivity contribution in [3.8, 4) is 0 Å². The fraction of sp³-hybridized carbons (Fsp3) is 0.0909. The number of rotatable bonds is 2. The summed E-state index contributed by atoms with van der Waals surface area (Å²) in [6.07, 6.45) is 3.55. The van der Waals surface area contributed by atoms with E-state index < -0.39 is 0 Å². The van der Waals surface area contributed by atoms with Gasteiger partial charge in [-0.25, -0.2) is 9.97 Å². The van der Waals surface area contributed by atoms with Crippen LogP contribution in [0.1, 0.15) is 5.56 Å². The van der Waals surface area contributed by atoms with Gasteiger partial charge < -0.3 is 5.73 Å². The molecule has 1 heterocycles. The van der Waals surface area contributed by atoms with Crippen molar-refractivity contribution in [1.29, 1.82) is 0 Å². The van der Waals surface area contributed by atoms with E-state index in [9.17, 15) is 0 Å². The summed E-state index contributed by atoms with van der Waals surface area (Å²) < 4.78 is 0. The Morgan fingerprint density at radius 1 is 1.25 bits per heavy atom. The van der Waals surface area contributed by atoms with Gasteiger partial charge in [0.25, 0.3) is 0 Å². The molecular weight excluding hydrogens is 242 g/mol. The van der Waals surface area contributed by atoms with Crippen LogP contribution >= 0.6 is 23.4 Å². The van der Waals surface area contributed by atoms with Gasteiger partial charge in [0.15, 0.2) is 5.16 Å². The molecule has 16 heavy (non-hydrogen) atoms. The number of aromatic nitrogens is 2. The van der Waals surface area contributed by atoms with Crippen LogP contribution in [0.25, 0.3) is 0 Å². The van der Waals surface area contributed by atoms with E-state index in [-0.39, 0.29) is 0 Å². The highest BCUT2D eigenvalue weighted by Gasteiger charge is 2.04. The predicted octanol–water partition coefficient (Wildman–Crippen LogP) is 3.17. The predicted molar refractivity (Wildman–Crippen MR) is 66.8 cm³/mol. The summed E-state index contributed by atoms with van der Waals surface area (Å²) in [5.74, 6) is 0. The fourth-order valence-electron chi connectivity index (χ4n) is 1.13. The Kier molecular flexibility index (Phi) is 3.31. The largest absolute Gasteiger partial charge is 0.398 e. The lowest BCUT2D eigenvalue weighted by Gasteiger charge is -2.04. The van der Waals surface area contributed by atoms with Gasteiger partial charge in [0.05, 0.1) is 0 Å². The lowest BCUT2D eigenvalue weighted by atomic mass is 10.3.